The first-order chi connectivity index (χ1) is 3.93. The quantitative estimate of drug-likeness (QED) is 0.504. The minimum Gasteiger partial charge on any atom is -0.379 e. The van der Waals surface area contributed by atoms with E-state index < -0.39 is 0 Å². The highest BCUT2D eigenvalue weighted by atomic mass is 16.5. The second-order valence-electron chi connectivity index (χ2n) is 2.07. The summed E-state index contributed by atoms with van der Waals surface area (Å²) in [5.74, 6) is 0. The molecule has 1 fully saturated rings. The number of rotatable bonds is 1. The molecule has 0 spiro atoms. The van der Waals surface area contributed by atoms with Crippen molar-refractivity contribution in [3.63, 3.8) is 0 Å². The van der Waals surface area contributed by atoms with Crippen LogP contribution >= 0.6 is 0 Å². The molecule has 1 aliphatic rings. The van der Waals surface area contributed by atoms with Gasteiger partial charge in [0.05, 0.1) is 12.7 Å². The predicted molar refractivity (Wildman–Crippen MR) is 30.8 cm³/mol. The second-order valence-corrected chi connectivity index (χ2v) is 2.07. The monoisotopic (exact) mass is 116 g/mol. The summed E-state index contributed by atoms with van der Waals surface area (Å²) in [5.41, 5.74) is 0. The Bertz CT molecular complexity index is 57.5. The van der Waals surface area contributed by atoms with Crippen molar-refractivity contribution < 1.29 is 9.47 Å². The van der Waals surface area contributed by atoms with Gasteiger partial charge in [-0.05, 0) is 12.8 Å². The highest BCUT2D eigenvalue weighted by Crippen LogP contribution is 2.07. The van der Waals surface area contributed by atoms with Gasteiger partial charge in [0.1, 0.15) is 0 Å². The number of methoxy groups -OCH3 is 1. The van der Waals surface area contributed by atoms with Gasteiger partial charge in [0.15, 0.2) is 0 Å². The standard InChI is InChI=1S/C6H12O2/c1-7-6-3-2-4-8-5-6/h6H,2-5H2,1H3/t6-/m0/s1. The molecule has 0 unspecified atom stereocenters. The molecule has 0 amide bonds. The van der Waals surface area contributed by atoms with Crippen molar-refractivity contribution in [1.29, 1.82) is 0 Å². The SMILES string of the molecule is CO[C@H]1CCCOC1. The normalized spacial score (nSPS) is 30.4. The van der Waals surface area contributed by atoms with Crippen LogP contribution in [-0.4, -0.2) is 26.4 Å². The summed E-state index contributed by atoms with van der Waals surface area (Å²) in [4.78, 5) is 0. The Kier molecular flexibility index (Phi) is 2.30. The van der Waals surface area contributed by atoms with Gasteiger partial charge in [-0.1, -0.05) is 0 Å². The van der Waals surface area contributed by atoms with Crippen molar-refractivity contribution in [2.24, 2.45) is 0 Å². The smallest absolute Gasteiger partial charge is 0.0805 e. The van der Waals surface area contributed by atoms with E-state index in [4.69, 9.17) is 9.47 Å². The third-order valence-electron chi connectivity index (χ3n) is 1.45. The molecule has 2 nitrogen and oxygen atoms in total. The molecule has 1 aliphatic heterocycles. The fourth-order valence-corrected chi connectivity index (χ4v) is 0.897. The molecule has 0 bridgehead atoms. The largest absolute Gasteiger partial charge is 0.379 e. The van der Waals surface area contributed by atoms with E-state index >= 15 is 0 Å². The maximum atomic E-state index is 5.15. The predicted octanol–water partition coefficient (Wildman–Crippen LogP) is 0.812. The molecule has 0 aromatic heterocycles. The molecule has 0 aromatic rings. The molecule has 0 aliphatic carbocycles. The molecule has 0 N–H and O–H groups in total. The molecule has 0 radical (unpaired) electrons. The van der Waals surface area contributed by atoms with Gasteiger partial charge in [0.25, 0.3) is 0 Å². The summed E-state index contributed by atoms with van der Waals surface area (Å²) in [5, 5.41) is 0. The average Bonchev–Trinajstić information content (AvgIpc) is 1.90. The van der Waals surface area contributed by atoms with Crippen molar-refractivity contribution >= 4 is 0 Å². The number of hydrogen-bond acceptors (Lipinski definition) is 2. The van der Waals surface area contributed by atoms with Gasteiger partial charge in [0, 0.05) is 13.7 Å². The van der Waals surface area contributed by atoms with Crippen LogP contribution in [0.15, 0.2) is 0 Å². The van der Waals surface area contributed by atoms with Crippen LogP contribution in [0.5, 0.6) is 0 Å². The lowest BCUT2D eigenvalue weighted by Crippen LogP contribution is -2.23. The summed E-state index contributed by atoms with van der Waals surface area (Å²) in [6, 6.07) is 0. The first-order valence-corrected chi connectivity index (χ1v) is 3.04. The van der Waals surface area contributed by atoms with Crippen molar-refractivity contribution in [3.05, 3.63) is 0 Å². The van der Waals surface area contributed by atoms with Crippen LogP contribution in [0.2, 0.25) is 0 Å². The Morgan fingerprint density at radius 3 is 2.88 bits per heavy atom. The van der Waals surface area contributed by atoms with Crippen LogP contribution in [0.25, 0.3) is 0 Å². The molecule has 48 valence electrons. The molecule has 2 heteroatoms. The number of ether oxygens (including phenoxy) is 2. The molecular formula is C6H12O2. The highest BCUT2D eigenvalue weighted by Gasteiger charge is 2.11. The van der Waals surface area contributed by atoms with E-state index in [2.05, 4.69) is 0 Å². The molecule has 0 aromatic carbocycles. The molecule has 0 saturated carbocycles. The third-order valence-corrected chi connectivity index (χ3v) is 1.45. The Labute approximate surface area is 49.8 Å². The molecule has 1 rings (SSSR count). The van der Waals surface area contributed by atoms with Crippen LogP contribution in [0.3, 0.4) is 0 Å². The first-order valence-electron chi connectivity index (χ1n) is 3.04. The topological polar surface area (TPSA) is 18.5 Å². The summed E-state index contributed by atoms with van der Waals surface area (Å²) in [6.45, 7) is 1.70. The van der Waals surface area contributed by atoms with Crippen molar-refractivity contribution in [3.8, 4) is 0 Å². The molecule has 1 atom stereocenters. The molecule has 1 heterocycles. The van der Waals surface area contributed by atoms with E-state index in [1.807, 2.05) is 0 Å². The van der Waals surface area contributed by atoms with E-state index in [1.165, 1.54) is 0 Å². The summed E-state index contributed by atoms with van der Waals surface area (Å²) < 4.78 is 10.2. The summed E-state index contributed by atoms with van der Waals surface area (Å²) >= 11 is 0. The van der Waals surface area contributed by atoms with Crippen molar-refractivity contribution in [2.75, 3.05) is 20.3 Å². The lowest BCUT2D eigenvalue weighted by Gasteiger charge is -2.19. The zero-order valence-electron chi connectivity index (χ0n) is 5.22. The molecular weight excluding hydrogens is 104 g/mol. The third kappa shape index (κ3) is 1.46. The van der Waals surface area contributed by atoms with Crippen LogP contribution < -0.4 is 0 Å². The van der Waals surface area contributed by atoms with Crippen LogP contribution in [-0.2, 0) is 9.47 Å². The second kappa shape index (κ2) is 3.05. The maximum Gasteiger partial charge on any atom is 0.0805 e. The van der Waals surface area contributed by atoms with Gasteiger partial charge in [-0.2, -0.15) is 0 Å². The van der Waals surface area contributed by atoms with Gasteiger partial charge in [-0.15, -0.1) is 0 Å². The zero-order chi connectivity index (χ0) is 5.82. The lowest BCUT2D eigenvalue weighted by molar-refractivity contribution is -0.0291. The van der Waals surface area contributed by atoms with Crippen LogP contribution in [0.4, 0.5) is 0 Å². The van der Waals surface area contributed by atoms with E-state index in [9.17, 15) is 0 Å². The van der Waals surface area contributed by atoms with Crippen molar-refractivity contribution in [1.82, 2.24) is 0 Å². The van der Waals surface area contributed by atoms with E-state index in [0.29, 0.717) is 6.10 Å². The first kappa shape index (κ1) is 6.05. The van der Waals surface area contributed by atoms with Crippen LogP contribution in [0, 0.1) is 0 Å². The van der Waals surface area contributed by atoms with Gasteiger partial charge in [-0.3, -0.25) is 0 Å². The minimum absolute atomic E-state index is 0.365. The van der Waals surface area contributed by atoms with Gasteiger partial charge >= 0.3 is 0 Å². The summed E-state index contributed by atoms with van der Waals surface area (Å²) in [7, 11) is 1.74. The van der Waals surface area contributed by atoms with E-state index in [-0.39, 0.29) is 0 Å². The van der Waals surface area contributed by atoms with Gasteiger partial charge in [0.2, 0.25) is 0 Å². The molecule has 1 saturated heterocycles. The van der Waals surface area contributed by atoms with Crippen LogP contribution in [0.1, 0.15) is 12.8 Å². The fraction of sp³-hybridized carbons (Fsp3) is 1.00. The van der Waals surface area contributed by atoms with Gasteiger partial charge < -0.3 is 9.47 Å². The molecule has 8 heavy (non-hydrogen) atoms. The maximum absolute atomic E-state index is 5.15. The Hall–Kier alpha value is -0.0800. The fourth-order valence-electron chi connectivity index (χ4n) is 0.897. The Morgan fingerprint density at radius 1 is 1.62 bits per heavy atom. The lowest BCUT2D eigenvalue weighted by atomic mass is 10.2. The summed E-state index contributed by atoms with van der Waals surface area (Å²) in [6.07, 6.45) is 2.68. The van der Waals surface area contributed by atoms with Crippen molar-refractivity contribution in [2.45, 2.75) is 18.9 Å². The van der Waals surface area contributed by atoms with Gasteiger partial charge in [-0.25, -0.2) is 0 Å². The number of hydrogen-bond donors (Lipinski definition) is 0. The van der Waals surface area contributed by atoms with E-state index in [1.54, 1.807) is 7.11 Å². The average molecular weight is 116 g/mol. The Morgan fingerprint density at radius 2 is 2.50 bits per heavy atom. The highest BCUT2D eigenvalue weighted by molar-refractivity contribution is 4.60. The minimum atomic E-state index is 0.365. The Balaban J connectivity index is 2.13. The van der Waals surface area contributed by atoms with E-state index in [0.717, 1.165) is 26.1 Å². The zero-order valence-corrected chi connectivity index (χ0v) is 5.22.